The van der Waals surface area contributed by atoms with Crippen LogP contribution < -0.4 is 25.6 Å². The van der Waals surface area contributed by atoms with Gasteiger partial charge in [0, 0.05) is 12.3 Å². The van der Waals surface area contributed by atoms with Gasteiger partial charge in [-0.2, -0.15) is 5.09 Å². The molecule has 1 aromatic heterocycles. The summed E-state index contributed by atoms with van der Waals surface area (Å²) >= 11 is 5.88. The zero-order chi connectivity index (χ0) is 28.3. The third-order valence-electron chi connectivity index (χ3n) is 5.24. The van der Waals surface area contributed by atoms with Crippen molar-refractivity contribution in [2.45, 2.75) is 56.5 Å². The Morgan fingerprint density at radius 3 is 2.55 bits per heavy atom. The summed E-state index contributed by atoms with van der Waals surface area (Å²) in [6, 6.07) is 5.91. The fraction of sp³-hybridized carbons (Fsp3) is 0.500. The highest BCUT2D eigenvalue weighted by Gasteiger charge is 2.58. The molecule has 38 heavy (non-hydrogen) atoms. The van der Waals surface area contributed by atoms with Crippen molar-refractivity contribution in [3.05, 3.63) is 57.4 Å². The molecule has 210 valence electrons. The summed E-state index contributed by atoms with van der Waals surface area (Å²) in [7, 11) is -3.11. The van der Waals surface area contributed by atoms with Crippen LogP contribution in [0.2, 0.25) is 0 Å². The minimum Gasteiger partial charge on any atom is -0.493 e. The first-order valence-corrected chi connectivity index (χ1v) is 13.3. The Hall–Kier alpha value is -2.74. The molecule has 3 N–H and O–H groups in total. The number of aliphatic hydroxyl groups excluding tert-OH is 1. The molecule has 13 nitrogen and oxygen atoms in total. The van der Waals surface area contributed by atoms with Crippen molar-refractivity contribution in [1.82, 2.24) is 14.6 Å². The molecule has 2 aromatic rings. The van der Waals surface area contributed by atoms with Gasteiger partial charge in [-0.05, 0) is 32.9 Å². The highest BCUT2D eigenvalue weighted by molar-refractivity contribution is 7.52. The number of halogens is 2. The van der Waals surface area contributed by atoms with E-state index in [-0.39, 0.29) is 11.5 Å². The number of benzene rings is 1. The van der Waals surface area contributed by atoms with E-state index in [0.29, 0.717) is 4.57 Å². The van der Waals surface area contributed by atoms with Crippen LogP contribution in [0.3, 0.4) is 0 Å². The molecule has 0 radical (unpaired) electrons. The van der Waals surface area contributed by atoms with Crippen molar-refractivity contribution >= 4 is 25.3 Å². The van der Waals surface area contributed by atoms with Crippen molar-refractivity contribution in [3.63, 3.8) is 0 Å². The van der Waals surface area contributed by atoms with E-state index in [1.165, 1.54) is 26.2 Å². The number of hydrogen-bond donors (Lipinski definition) is 3. The number of methoxy groups -OCH3 is 1. The van der Waals surface area contributed by atoms with Gasteiger partial charge in [-0.25, -0.2) is 13.8 Å². The molecule has 1 saturated heterocycles. The summed E-state index contributed by atoms with van der Waals surface area (Å²) in [5, 5.41) is 9.89. The van der Waals surface area contributed by atoms with E-state index in [1.54, 1.807) is 26.0 Å². The second-order valence-electron chi connectivity index (χ2n) is 8.54. The number of alkyl halides is 2. The second kappa shape index (κ2) is 12.0. The Labute approximate surface area is 221 Å². The Morgan fingerprint density at radius 1 is 1.29 bits per heavy atom. The molecule has 0 aliphatic carbocycles. The molecule has 0 amide bonds. The molecule has 16 heteroatoms. The van der Waals surface area contributed by atoms with Crippen LogP contribution in [0.1, 0.15) is 27.0 Å². The van der Waals surface area contributed by atoms with Crippen LogP contribution in [-0.2, 0) is 23.4 Å². The fourth-order valence-corrected chi connectivity index (χ4v) is 5.24. The first-order valence-electron chi connectivity index (χ1n) is 11.4. The standard InChI is InChI=1S/C22H28ClFN3O10P/c1-12(2)35-19(30)13(3)26-38(32,37-15-8-6-5-7-14(15)33-4)34-11-16-18(29)22(23,24)20(36-16)27-10-9-17(28)25-21(27)31/h5-10,12-13,16,18,20,29H,11H2,1-4H3,(H,26,32)(H,25,28,31)/t13-,16+,18+,20?,22+,38?/m0/s1. The summed E-state index contributed by atoms with van der Waals surface area (Å²) in [5.74, 6) is -0.586. The van der Waals surface area contributed by atoms with Gasteiger partial charge in [0.15, 0.2) is 17.7 Å². The number of ether oxygens (including phenoxy) is 3. The number of carbonyl (C=O) groups is 1. The summed E-state index contributed by atoms with van der Waals surface area (Å²) < 4.78 is 56.4. The average Bonchev–Trinajstić information content (AvgIpc) is 3.06. The molecule has 3 rings (SSSR count). The number of nitrogens with one attached hydrogen (secondary N) is 2. The van der Waals surface area contributed by atoms with E-state index >= 15 is 4.39 Å². The molecule has 0 spiro atoms. The highest BCUT2D eigenvalue weighted by Crippen LogP contribution is 2.50. The van der Waals surface area contributed by atoms with E-state index < -0.39 is 67.3 Å². The molecule has 2 unspecified atom stereocenters. The van der Waals surface area contributed by atoms with Gasteiger partial charge in [0.05, 0.1) is 19.8 Å². The monoisotopic (exact) mass is 579 g/mol. The Bertz CT molecular complexity index is 1300. The molecule has 2 heterocycles. The highest BCUT2D eigenvalue weighted by atomic mass is 35.5. The number of para-hydroxylation sites is 2. The third kappa shape index (κ3) is 6.82. The van der Waals surface area contributed by atoms with Gasteiger partial charge in [-0.15, -0.1) is 0 Å². The molecule has 1 aliphatic heterocycles. The van der Waals surface area contributed by atoms with E-state index in [1.807, 2.05) is 4.98 Å². The second-order valence-corrected chi connectivity index (χ2v) is 10.8. The lowest BCUT2D eigenvalue weighted by Crippen LogP contribution is -2.42. The van der Waals surface area contributed by atoms with Gasteiger partial charge in [-0.3, -0.25) is 23.7 Å². The van der Waals surface area contributed by atoms with Gasteiger partial charge >= 0.3 is 19.4 Å². The number of carbonyl (C=O) groups excluding carboxylic acids is 1. The maximum Gasteiger partial charge on any atom is 0.459 e. The molecule has 1 aromatic carbocycles. The van der Waals surface area contributed by atoms with Crippen LogP contribution in [0.25, 0.3) is 0 Å². The van der Waals surface area contributed by atoms with Crippen molar-refractivity contribution in [1.29, 1.82) is 0 Å². The van der Waals surface area contributed by atoms with E-state index in [2.05, 4.69) is 5.09 Å². The summed E-state index contributed by atoms with van der Waals surface area (Å²) in [6.45, 7) is 3.85. The number of hydrogen-bond acceptors (Lipinski definition) is 10. The number of H-pyrrole nitrogens is 1. The minimum atomic E-state index is -4.47. The smallest absolute Gasteiger partial charge is 0.459 e. The zero-order valence-electron chi connectivity index (χ0n) is 20.8. The minimum absolute atomic E-state index is 0.0157. The lowest BCUT2D eigenvalue weighted by Gasteiger charge is -2.25. The lowest BCUT2D eigenvalue weighted by atomic mass is 10.1. The SMILES string of the molecule is COc1ccccc1OP(=O)(N[C@@H](C)C(=O)OC(C)C)OC[C@H]1OC(n2ccc(=O)[nH]c2=O)[C@@](F)(Cl)[C@@H]1O. The summed E-state index contributed by atoms with van der Waals surface area (Å²) in [6.07, 6.45) is -5.03. The summed E-state index contributed by atoms with van der Waals surface area (Å²) in [5.41, 5.74) is -1.78. The first kappa shape index (κ1) is 29.8. The quantitative estimate of drug-likeness (QED) is 0.202. The molecule has 1 fully saturated rings. The Kier molecular flexibility index (Phi) is 9.39. The summed E-state index contributed by atoms with van der Waals surface area (Å²) in [4.78, 5) is 37.7. The number of aromatic nitrogens is 2. The molecular weight excluding hydrogens is 552 g/mol. The molecule has 1 aliphatic rings. The van der Waals surface area contributed by atoms with Gasteiger partial charge < -0.3 is 23.8 Å². The van der Waals surface area contributed by atoms with Crippen molar-refractivity contribution < 1.29 is 42.1 Å². The van der Waals surface area contributed by atoms with E-state index in [4.69, 9.17) is 34.9 Å². The number of nitrogens with zero attached hydrogens (tertiary/aromatic N) is 1. The molecular formula is C22H28ClFN3O10P. The number of esters is 1. The normalized spacial score (nSPS) is 25.5. The van der Waals surface area contributed by atoms with E-state index in [9.17, 15) is 24.1 Å². The van der Waals surface area contributed by atoms with Gasteiger partial charge in [-0.1, -0.05) is 23.7 Å². The third-order valence-corrected chi connectivity index (χ3v) is 7.28. The topological polar surface area (TPSA) is 167 Å². The fourth-order valence-electron chi connectivity index (χ4n) is 3.43. The van der Waals surface area contributed by atoms with Crippen LogP contribution in [0.15, 0.2) is 46.1 Å². The maximum absolute atomic E-state index is 15.3. The predicted molar refractivity (Wildman–Crippen MR) is 132 cm³/mol. The van der Waals surface area contributed by atoms with Crippen LogP contribution in [-0.4, -0.2) is 63.8 Å². The number of aliphatic hydroxyl groups is 1. The zero-order valence-corrected chi connectivity index (χ0v) is 22.5. The van der Waals surface area contributed by atoms with Crippen LogP contribution in [0.5, 0.6) is 11.5 Å². The molecule has 0 saturated carbocycles. The molecule has 0 bridgehead atoms. The van der Waals surface area contributed by atoms with Crippen LogP contribution in [0, 0.1) is 0 Å². The number of rotatable bonds is 11. The van der Waals surface area contributed by atoms with Gasteiger partial charge in [0.25, 0.3) is 10.7 Å². The van der Waals surface area contributed by atoms with Gasteiger partial charge in [0.2, 0.25) is 0 Å². The van der Waals surface area contributed by atoms with E-state index in [0.717, 1.165) is 12.3 Å². The Morgan fingerprint density at radius 2 is 1.95 bits per heavy atom. The van der Waals surface area contributed by atoms with Gasteiger partial charge in [0.1, 0.15) is 18.2 Å². The first-order chi connectivity index (χ1) is 17.8. The average molecular weight is 580 g/mol. The number of aromatic amines is 1. The largest absolute Gasteiger partial charge is 0.493 e. The molecule has 6 atom stereocenters. The van der Waals surface area contributed by atoms with Crippen molar-refractivity contribution in [2.75, 3.05) is 13.7 Å². The van der Waals surface area contributed by atoms with Crippen LogP contribution >= 0.6 is 19.3 Å². The lowest BCUT2D eigenvalue weighted by molar-refractivity contribution is -0.149. The Balaban J connectivity index is 1.84. The van der Waals surface area contributed by atoms with Crippen LogP contribution in [0.4, 0.5) is 4.39 Å². The maximum atomic E-state index is 15.3. The van der Waals surface area contributed by atoms with Crippen molar-refractivity contribution in [3.8, 4) is 11.5 Å². The predicted octanol–water partition coefficient (Wildman–Crippen LogP) is 1.84. The van der Waals surface area contributed by atoms with Crippen molar-refractivity contribution in [2.24, 2.45) is 0 Å².